The molecule has 0 saturated carbocycles. The molecule has 2 aliphatic rings. The first kappa shape index (κ1) is 16.8. The lowest BCUT2D eigenvalue weighted by molar-refractivity contribution is 0.161. The number of hydrogen-bond acceptors (Lipinski definition) is 7. The summed E-state index contributed by atoms with van der Waals surface area (Å²) >= 11 is 0. The number of hydrazine groups is 1. The van der Waals surface area contributed by atoms with Crippen LogP contribution in [0.1, 0.15) is 12.0 Å². The van der Waals surface area contributed by atoms with E-state index in [0.717, 1.165) is 45.8 Å². The van der Waals surface area contributed by atoms with Crippen molar-refractivity contribution in [3.63, 3.8) is 0 Å². The second-order valence-corrected chi connectivity index (χ2v) is 6.50. The molecule has 26 heavy (non-hydrogen) atoms. The number of rotatable bonds is 4. The zero-order valence-electron chi connectivity index (χ0n) is 14.8. The molecule has 1 aromatic carbocycles. The molecule has 1 aromatic heterocycles. The maximum atomic E-state index is 5.71. The van der Waals surface area contributed by atoms with Crippen molar-refractivity contribution in [2.24, 2.45) is 0 Å². The summed E-state index contributed by atoms with van der Waals surface area (Å²) in [6.07, 6.45) is 4.84. The molecule has 136 valence electrons. The molecular formula is C19H24N6O. The standard InChI is InChI=1S/C19H24N6O/c20-18-4-7-21-19(22-18)23-25-10-8-24(9-11-25)17-3-1-2-16(14-17)15-5-12-26-13-6-15/h1-5,7,14H,6,8-13H2,(H3,20,21,22,23). The average Bonchev–Trinajstić information content (AvgIpc) is 2.69. The van der Waals surface area contributed by atoms with Crippen LogP contribution in [0.25, 0.3) is 5.57 Å². The number of benzene rings is 1. The normalized spacial score (nSPS) is 18.5. The average molecular weight is 352 g/mol. The van der Waals surface area contributed by atoms with Gasteiger partial charge in [0.1, 0.15) is 5.82 Å². The van der Waals surface area contributed by atoms with Gasteiger partial charge in [-0.2, -0.15) is 4.98 Å². The second kappa shape index (κ2) is 7.72. The molecule has 7 nitrogen and oxygen atoms in total. The zero-order chi connectivity index (χ0) is 17.8. The molecular weight excluding hydrogens is 328 g/mol. The third kappa shape index (κ3) is 3.95. The summed E-state index contributed by atoms with van der Waals surface area (Å²) in [5.41, 5.74) is 12.9. The van der Waals surface area contributed by atoms with E-state index in [1.54, 1.807) is 12.3 Å². The molecule has 1 fully saturated rings. The lowest BCUT2D eigenvalue weighted by Crippen LogP contribution is -2.48. The van der Waals surface area contributed by atoms with E-state index < -0.39 is 0 Å². The fourth-order valence-electron chi connectivity index (χ4n) is 3.34. The Hall–Kier alpha value is -2.64. The van der Waals surface area contributed by atoms with Crippen molar-refractivity contribution >= 4 is 23.0 Å². The SMILES string of the molecule is Nc1ccnc(NN2CCN(c3cccc(C4=CCOCC4)c3)CC2)n1. The first-order valence-corrected chi connectivity index (χ1v) is 9.00. The first-order chi connectivity index (χ1) is 12.8. The first-order valence-electron chi connectivity index (χ1n) is 9.00. The third-order valence-corrected chi connectivity index (χ3v) is 4.76. The minimum Gasteiger partial charge on any atom is -0.384 e. The smallest absolute Gasteiger partial charge is 0.239 e. The van der Waals surface area contributed by atoms with Crippen LogP contribution in [0.5, 0.6) is 0 Å². The number of nitrogens with one attached hydrogen (secondary N) is 1. The Bertz CT molecular complexity index is 785. The van der Waals surface area contributed by atoms with E-state index in [0.29, 0.717) is 11.8 Å². The largest absolute Gasteiger partial charge is 0.384 e. The van der Waals surface area contributed by atoms with Gasteiger partial charge in [0, 0.05) is 38.1 Å². The number of nitrogen functional groups attached to an aromatic ring is 1. The van der Waals surface area contributed by atoms with Crippen molar-refractivity contribution in [3.05, 3.63) is 48.2 Å². The van der Waals surface area contributed by atoms with E-state index in [9.17, 15) is 0 Å². The highest BCUT2D eigenvalue weighted by atomic mass is 16.5. The van der Waals surface area contributed by atoms with Crippen molar-refractivity contribution in [3.8, 4) is 0 Å². The Morgan fingerprint density at radius 3 is 2.77 bits per heavy atom. The van der Waals surface area contributed by atoms with Gasteiger partial charge in [-0.15, -0.1) is 0 Å². The fourth-order valence-corrected chi connectivity index (χ4v) is 3.34. The lowest BCUT2D eigenvalue weighted by atomic mass is 10.0. The molecule has 1 saturated heterocycles. The molecule has 0 radical (unpaired) electrons. The van der Waals surface area contributed by atoms with Gasteiger partial charge < -0.3 is 15.4 Å². The molecule has 2 aliphatic heterocycles. The third-order valence-electron chi connectivity index (χ3n) is 4.76. The van der Waals surface area contributed by atoms with Gasteiger partial charge in [0.25, 0.3) is 0 Å². The highest BCUT2D eigenvalue weighted by Gasteiger charge is 2.18. The summed E-state index contributed by atoms with van der Waals surface area (Å²) in [5, 5.41) is 2.14. The van der Waals surface area contributed by atoms with Gasteiger partial charge in [0.05, 0.1) is 13.2 Å². The maximum absolute atomic E-state index is 5.71. The van der Waals surface area contributed by atoms with Crippen molar-refractivity contribution in [1.82, 2.24) is 15.0 Å². The molecule has 0 amide bonds. The Kier molecular flexibility index (Phi) is 4.99. The van der Waals surface area contributed by atoms with Crippen molar-refractivity contribution in [1.29, 1.82) is 0 Å². The summed E-state index contributed by atoms with van der Waals surface area (Å²) < 4.78 is 5.42. The van der Waals surface area contributed by atoms with Crippen LogP contribution >= 0.6 is 0 Å². The van der Waals surface area contributed by atoms with Crippen LogP contribution in [0.3, 0.4) is 0 Å². The van der Waals surface area contributed by atoms with Crippen LogP contribution in [-0.4, -0.2) is 54.4 Å². The summed E-state index contributed by atoms with van der Waals surface area (Å²) in [5.74, 6) is 1.02. The van der Waals surface area contributed by atoms with E-state index in [-0.39, 0.29) is 0 Å². The predicted octanol–water partition coefficient (Wildman–Crippen LogP) is 2.01. The number of aromatic nitrogens is 2. The number of nitrogens with two attached hydrogens (primary N) is 1. The molecule has 0 aliphatic carbocycles. The monoisotopic (exact) mass is 352 g/mol. The van der Waals surface area contributed by atoms with Crippen molar-refractivity contribution in [2.45, 2.75) is 6.42 Å². The highest BCUT2D eigenvalue weighted by Crippen LogP contribution is 2.26. The Morgan fingerprint density at radius 2 is 2.00 bits per heavy atom. The minimum absolute atomic E-state index is 0.473. The van der Waals surface area contributed by atoms with E-state index in [1.807, 2.05) is 0 Å². The van der Waals surface area contributed by atoms with E-state index in [1.165, 1.54) is 16.8 Å². The van der Waals surface area contributed by atoms with Gasteiger partial charge in [-0.3, -0.25) is 5.43 Å². The van der Waals surface area contributed by atoms with E-state index >= 15 is 0 Å². The van der Waals surface area contributed by atoms with E-state index in [4.69, 9.17) is 10.5 Å². The molecule has 3 heterocycles. The van der Waals surface area contributed by atoms with Crippen LogP contribution < -0.4 is 16.1 Å². The topological polar surface area (TPSA) is 79.5 Å². The van der Waals surface area contributed by atoms with Gasteiger partial charge in [-0.05, 0) is 35.8 Å². The van der Waals surface area contributed by atoms with Gasteiger partial charge in [0.15, 0.2) is 0 Å². The molecule has 0 bridgehead atoms. The van der Waals surface area contributed by atoms with Crippen molar-refractivity contribution in [2.75, 3.05) is 55.5 Å². The van der Waals surface area contributed by atoms with Gasteiger partial charge in [-0.1, -0.05) is 18.2 Å². The van der Waals surface area contributed by atoms with Gasteiger partial charge >= 0.3 is 0 Å². The summed E-state index contributed by atoms with van der Waals surface area (Å²) in [6.45, 7) is 5.20. The highest BCUT2D eigenvalue weighted by molar-refractivity contribution is 5.69. The van der Waals surface area contributed by atoms with E-state index in [2.05, 4.69) is 55.6 Å². The number of nitrogens with zero attached hydrogens (tertiary/aromatic N) is 4. The fraction of sp³-hybridized carbons (Fsp3) is 0.368. The summed E-state index contributed by atoms with van der Waals surface area (Å²) in [4.78, 5) is 10.8. The molecule has 4 rings (SSSR count). The Labute approximate surface area is 153 Å². The summed E-state index contributed by atoms with van der Waals surface area (Å²) in [7, 11) is 0. The molecule has 7 heteroatoms. The molecule has 0 atom stereocenters. The maximum Gasteiger partial charge on any atom is 0.239 e. The quantitative estimate of drug-likeness (QED) is 0.871. The number of anilines is 3. The van der Waals surface area contributed by atoms with Gasteiger partial charge in [-0.25, -0.2) is 9.99 Å². The Morgan fingerprint density at radius 1 is 1.12 bits per heavy atom. The molecule has 2 aromatic rings. The lowest BCUT2D eigenvalue weighted by Gasteiger charge is -2.36. The second-order valence-electron chi connectivity index (χ2n) is 6.50. The summed E-state index contributed by atoms with van der Waals surface area (Å²) in [6, 6.07) is 10.5. The van der Waals surface area contributed by atoms with Crippen LogP contribution in [0.4, 0.5) is 17.5 Å². The van der Waals surface area contributed by atoms with Gasteiger partial charge in [0.2, 0.25) is 5.95 Å². The van der Waals surface area contributed by atoms with Crippen molar-refractivity contribution < 1.29 is 4.74 Å². The van der Waals surface area contributed by atoms with Crippen LogP contribution in [-0.2, 0) is 4.74 Å². The minimum atomic E-state index is 0.473. The molecule has 0 unspecified atom stereocenters. The van der Waals surface area contributed by atoms with Crippen LogP contribution in [0.15, 0.2) is 42.6 Å². The molecule has 0 spiro atoms. The zero-order valence-corrected chi connectivity index (χ0v) is 14.8. The van der Waals surface area contributed by atoms with Crippen LogP contribution in [0.2, 0.25) is 0 Å². The van der Waals surface area contributed by atoms with Crippen LogP contribution in [0, 0.1) is 0 Å². The number of ether oxygens (including phenoxy) is 1. The molecule has 3 N–H and O–H groups in total. The number of piperazine rings is 1. The predicted molar refractivity (Wildman–Crippen MR) is 104 cm³/mol. The number of hydrogen-bond donors (Lipinski definition) is 2. The Balaban J connectivity index is 1.38.